The summed E-state index contributed by atoms with van der Waals surface area (Å²) < 4.78 is 0. The van der Waals surface area contributed by atoms with E-state index in [1.807, 2.05) is 77.5 Å². The molecule has 0 radical (unpaired) electrons. The monoisotopic (exact) mass is 364 g/mol. The molecule has 7 nitrogen and oxygen atoms in total. The lowest BCUT2D eigenvalue weighted by molar-refractivity contribution is 0.302. The van der Waals surface area contributed by atoms with E-state index in [4.69, 9.17) is 5.73 Å². The van der Waals surface area contributed by atoms with Gasteiger partial charge in [-0.3, -0.25) is 10.4 Å². The van der Waals surface area contributed by atoms with Gasteiger partial charge in [0.2, 0.25) is 0 Å². The van der Waals surface area contributed by atoms with Crippen LogP contribution < -0.4 is 21.1 Å². The van der Waals surface area contributed by atoms with Gasteiger partial charge in [-0.15, -0.1) is 0 Å². The van der Waals surface area contributed by atoms with Gasteiger partial charge in [0, 0.05) is 13.1 Å². The van der Waals surface area contributed by atoms with Crippen LogP contribution in [0.4, 0.5) is 28.7 Å². The topological polar surface area (TPSA) is 90.5 Å². The second kappa shape index (κ2) is 8.86. The molecule has 0 aliphatic rings. The molecule has 1 aromatic heterocycles. The Labute approximate surface area is 159 Å². The fraction of sp³-hybridized carbons (Fsp3) is 0.200. The minimum atomic E-state index is 0.0280. The van der Waals surface area contributed by atoms with Crippen molar-refractivity contribution in [2.75, 3.05) is 40.8 Å². The number of aliphatic hydroxyl groups excluding tert-OH is 1. The van der Waals surface area contributed by atoms with Crippen LogP contribution >= 0.6 is 0 Å². The Kier molecular flexibility index (Phi) is 6.06. The molecule has 2 aromatic carbocycles. The van der Waals surface area contributed by atoms with Crippen molar-refractivity contribution in [2.45, 2.75) is 6.92 Å². The molecule has 3 aromatic rings. The molecule has 0 fully saturated rings. The van der Waals surface area contributed by atoms with E-state index in [0.717, 1.165) is 11.4 Å². The molecule has 0 spiro atoms. The normalized spacial score (nSPS) is 10.4. The van der Waals surface area contributed by atoms with Gasteiger partial charge < -0.3 is 15.7 Å². The summed E-state index contributed by atoms with van der Waals surface area (Å²) in [5.41, 5.74) is 12.0. The Morgan fingerprint density at radius 3 is 2.07 bits per heavy atom. The molecular weight excluding hydrogens is 340 g/mol. The highest BCUT2D eigenvalue weighted by Gasteiger charge is 2.17. The van der Waals surface area contributed by atoms with Gasteiger partial charge >= 0.3 is 0 Å². The van der Waals surface area contributed by atoms with E-state index in [9.17, 15) is 5.11 Å². The minimum Gasteiger partial charge on any atom is -0.395 e. The van der Waals surface area contributed by atoms with Crippen molar-refractivity contribution < 1.29 is 5.11 Å². The third kappa shape index (κ3) is 4.27. The molecule has 0 unspecified atom stereocenters. The van der Waals surface area contributed by atoms with Crippen LogP contribution in [0.15, 0.2) is 67.0 Å². The number of para-hydroxylation sites is 2. The predicted octanol–water partition coefficient (Wildman–Crippen LogP) is 3.04. The predicted molar refractivity (Wildman–Crippen MR) is 110 cm³/mol. The third-order valence-electron chi connectivity index (χ3n) is 4.16. The number of hydrazine groups is 1. The summed E-state index contributed by atoms with van der Waals surface area (Å²) in [5, 5.41) is 11.2. The van der Waals surface area contributed by atoms with E-state index in [0.29, 0.717) is 30.4 Å². The summed E-state index contributed by atoms with van der Waals surface area (Å²) in [6.07, 6.45) is 1.47. The average Bonchev–Trinajstić information content (AvgIpc) is 2.73. The van der Waals surface area contributed by atoms with Gasteiger partial charge in [-0.05, 0) is 31.2 Å². The fourth-order valence-electron chi connectivity index (χ4n) is 2.80. The lowest BCUT2D eigenvalue weighted by Crippen LogP contribution is -2.30. The number of anilines is 5. The van der Waals surface area contributed by atoms with E-state index in [2.05, 4.69) is 15.4 Å². The lowest BCUT2D eigenvalue weighted by Gasteiger charge is -2.28. The highest BCUT2D eigenvalue weighted by Crippen LogP contribution is 2.30. The molecule has 3 rings (SSSR count). The average molecular weight is 364 g/mol. The highest BCUT2D eigenvalue weighted by atomic mass is 16.3. The SMILES string of the molecule is CCN(CCO)c1ncnc(NN(c2ccccc2)c2ccccc2)c1N. The van der Waals surface area contributed by atoms with Gasteiger partial charge in [0.15, 0.2) is 11.6 Å². The molecule has 0 saturated carbocycles. The zero-order valence-corrected chi connectivity index (χ0v) is 15.3. The van der Waals surface area contributed by atoms with Gasteiger partial charge in [-0.2, -0.15) is 0 Å². The van der Waals surface area contributed by atoms with Crippen LogP contribution in [0.5, 0.6) is 0 Å². The van der Waals surface area contributed by atoms with Crippen LogP contribution in [0.25, 0.3) is 0 Å². The Balaban J connectivity index is 1.97. The summed E-state index contributed by atoms with van der Waals surface area (Å²) in [6, 6.07) is 19.8. The molecule has 27 heavy (non-hydrogen) atoms. The van der Waals surface area contributed by atoms with Gasteiger partial charge in [0.1, 0.15) is 12.0 Å². The maximum absolute atomic E-state index is 9.28. The van der Waals surface area contributed by atoms with Crippen molar-refractivity contribution in [1.29, 1.82) is 0 Å². The molecule has 0 atom stereocenters. The molecule has 140 valence electrons. The van der Waals surface area contributed by atoms with Crippen LogP contribution in [0, 0.1) is 0 Å². The van der Waals surface area contributed by atoms with E-state index < -0.39 is 0 Å². The summed E-state index contributed by atoms with van der Waals surface area (Å²) in [7, 11) is 0. The van der Waals surface area contributed by atoms with E-state index in [1.54, 1.807) is 0 Å². The number of nitrogens with zero attached hydrogens (tertiary/aromatic N) is 4. The van der Waals surface area contributed by atoms with Gasteiger partial charge in [0.25, 0.3) is 0 Å². The molecule has 4 N–H and O–H groups in total. The van der Waals surface area contributed by atoms with Gasteiger partial charge in [-0.25, -0.2) is 9.97 Å². The summed E-state index contributed by atoms with van der Waals surface area (Å²) in [5.74, 6) is 1.11. The highest BCUT2D eigenvalue weighted by molar-refractivity contribution is 5.78. The summed E-state index contributed by atoms with van der Waals surface area (Å²) >= 11 is 0. The summed E-state index contributed by atoms with van der Waals surface area (Å²) in [6.45, 7) is 3.16. The first kappa shape index (κ1) is 18.5. The molecule has 0 aliphatic heterocycles. The van der Waals surface area contributed by atoms with Crippen LogP contribution in [-0.4, -0.2) is 34.8 Å². The molecule has 0 aliphatic carbocycles. The zero-order valence-electron chi connectivity index (χ0n) is 15.3. The first-order valence-electron chi connectivity index (χ1n) is 8.87. The first-order chi connectivity index (χ1) is 13.2. The maximum atomic E-state index is 9.28. The van der Waals surface area contributed by atoms with E-state index in [1.165, 1.54) is 6.33 Å². The van der Waals surface area contributed by atoms with Crippen LogP contribution in [-0.2, 0) is 0 Å². The Hall–Kier alpha value is -3.32. The second-order valence-electron chi connectivity index (χ2n) is 5.88. The fourth-order valence-corrected chi connectivity index (χ4v) is 2.80. The number of likely N-dealkylation sites (N-methyl/N-ethyl adjacent to an activating group) is 1. The van der Waals surface area contributed by atoms with Crippen molar-refractivity contribution in [3.63, 3.8) is 0 Å². The van der Waals surface area contributed by atoms with Crippen LogP contribution in [0.2, 0.25) is 0 Å². The van der Waals surface area contributed by atoms with Gasteiger partial charge in [-0.1, -0.05) is 36.4 Å². The molecule has 0 saturated heterocycles. The maximum Gasteiger partial charge on any atom is 0.173 e. The number of nitrogens with two attached hydrogens (primary N) is 1. The number of hydrogen-bond acceptors (Lipinski definition) is 7. The first-order valence-corrected chi connectivity index (χ1v) is 8.87. The number of nitrogens with one attached hydrogen (secondary N) is 1. The standard InChI is InChI=1S/C20H24N6O/c1-2-25(13-14-27)20-18(21)19(22-15-23-20)24-26(16-9-5-3-6-10-16)17-11-7-4-8-12-17/h3-12,15,27H,2,13-14,21H2,1H3,(H,22,23,24). The number of benzene rings is 2. The van der Waals surface area contributed by atoms with Crippen molar-refractivity contribution in [2.24, 2.45) is 0 Å². The smallest absolute Gasteiger partial charge is 0.173 e. The summed E-state index contributed by atoms with van der Waals surface area (Å²) in [4.78, 5) is 10.5. The Morgan fingerprint density at radius 2 is 1.56 bits per heavy atom. The number of hydrogen-bond donors (Lipinski definition) is 3. The number of nitrogen functional groups attached to an aromatic ring is 1. The molecule has 7 heteroatoms. The molecule has 0 amide bonds. The van der Waals surface area contributed by atoms with Crippen molar-refractivity contribution >= 4 is 28.7 Å². The van der Waals surface area contributed by atoms with Gasteiger partial charge in [0.05, 0.1) is 18.0 Å². The van der Waals surface area contributed by atoms with Crippen molar-refractivity contribution in [3.05, 3.63) is 67.0 Å². The van der Waals surface area contributed by atoms with Crippen LogP contribution in [0.3, 0.4) is 0 Å². The van der Waals surface area contributed by atoms with E-state index >= 15 is 0 Å². The zero-order chi connectivity index (χ0) is 19.1. The minimum absolute atomic E-state index is 0.0280. The van der Waals surface area contributed by atoms with Crippen LogP contribution in [0.1, 0.15) is 6.92 Å². The third-order valence-corrected chi connectivity index (χ3v) is 4.16. The molecular formula is C20H24N6O. The van der Waals surface area contributed by atoms with Crippen molar-refractivity contribution in [3.8, 4) is 0 Å². The number of aromatic nitrogens is 2. The number of aliphatic hydroxyl groups is 1. The van der Waals surface area contributed by atoms with Crippen molar-refractivity contribution in [1.82, 2.24) is 9.97 Å². The second-order valence-corrected chi connectivity index (χ2v) is 5.88. The molecule has 1 heterocycles. The Morgan fingerprint density at radius 1 is 0.963 bits per heavy atom. The Bertz CT molecular complexity index is 804. The lowest BCUT2D eigenvalue weighted by atomic mass is 10.2. The quantitative estimate of drug-likeness (QED) is 0.529. The largest absolute Gasteiger partial charge is 0.395 e. The van der Waals surface area contributed by atoms with E-state index in [-0.39, 0.29) is 6.61 Å². The number of rotatable bonds is 8. The molecule has 0 bridgehead atoms.